The molecule has 0 aliphatic carbocycles. The van der Waals surface area contributed by atoms with Crippen molar-refractivity contribution in [2.24, 2.45) is 0 Å². The Morgan fingerprint density at radius 1 is 1.36 bits per heavy atom. The minimum Gasteiger partial charge on any atom is -0.378 e. The Kier molecular flexibility index (Phi) is 4.20. The van der Waals surface area contributed by atoms with Gasteiger partial charge >= 0.3 is 0 Å². The fraction of sp³-hybridized carbons (Fsp3) is 0.333. The van der Waals surface area contributed by atoms with Crippen LogP contribution in [-0.2, 0) is 24.2 Å². The maximum absolute atomic E-state index is 5.11. The predicted octanol–water partition coefficient (Wildman–Crippen LogP) is 2.62. The third-order valence-electron chi connectivity index (χ3n) is 2.17. The molecule has 0 aliphatic heterocycles. The molecule has 0 saturated carbocycles. The van der Waals surface area contributed by atoms with Crippen LogP contribution in [0.5, 0.6) is 0 Å². The lowest BCUT2D eigenvalue weighted by molar-refractivity contribution is 0.181. The van der Waals surface area contributed by atoms with E-state index in [1.165, 1.54) is 11.1 Å². The van der Waals surface area contributed by atoms with Gasteiger partial charge in [-0.2, -0.15) is 0 Å². The Bertz CT molecular complexity index is 312. The largest absolute Gasteiger partial charge is 0.378 e. The fourth-order valence-corrected chi connectivity index (χ4v) is 1.55. The van der Waals surface area contributed by atoms with Crippen LogP contribution in [0, 0.1) is 0 Å². The fourth-order valence-electron chi connectivity index (χ4n) is 1.55. The summed E-state index contributed by atoms with van der Waals surface area (Å²) in [4.78, 5) is 3.22. The molecule has 0 amide bonds. The Morgan fingerprint density at radius 3 is 2.64 bits per heavy atom. The average molecular weight is 191 g/mol. The monoisotopic (exact) mass is 191 g/mol. The van der Waals surface area contributed by atoms with Gasteiger partial charge < -0.3 is 9.72 Å². The molecule has 0 atom stereocenters. The Labute approximate surface area is 85.3 Å². The number of ether oxygens (including phenoxy) is 1. The second kappa shape index (κ2) is 5.45. The smallest absolute Gasteiger partial charge is 0.0864 e. The first-order chi connectivity index (χ1) is 6.83. The second-order valence-electron chi connectivity index (χ2n) is 3.19. The number of hydrogen-bond acceptors (Lipinski definition) is 1. The highest BCUT2D eigenvalue weighted by Crippen LogP contribution is 2.17. The Hall–Kier alpha value is -1.28. The van der Waals surface area contributed by atoms with Crippen LogP contribution in [0.1, 0.15) is 16.8 Å². The summed E-state index contributed by atoms with van der Waals surface area (Å²) in [5.41, 5.74) is 3.72. The molecular formula is C12H17NO. The first-order valence-corrected chi connectivity index (χ1v) is 4.72. The lowest BCUT2D eigenvalue weighted by atomic mass is 10.1. The standard InChI is InChI=1S/C12H17NO/c1-4-6-10-8-13-12(9-14-3)11(10)7-5-2/h4-5,8,13H,1-2,6-7,9H2,3H3. The van der Waals surface area contributed by atoms with Crippen molar-refractivity contribution in [1.82, 2.24) is 4.98 Å². The van der Waals surface area contributed by atoms with Gasteiger partial charge in [0, 0.05) is 19.0 Å². The molecule has 0 spiro atoms. The molecule has 0 aromatic carbocycles. The third-order valence-corrected chi connectivity index (χ3v) is 2.17. The molecule has 2 nitrogen and oxygen atoms in total. The van der Waals surface area contributed by atoms with Crippen LogP contribution in [0.4, 0.5) is 0 Å². The molecular weight excluding hydrogens is 174 g/mol. The van der Waals surface area contributed by atoms with Crippen LogP contribution >= 0.6 is 0 Å². The normalized spacial score (nSPS) is 10.1. The quantitative estimate of drug-likeness (QED) is 0.687. The molecule has 0 saturated heterocycles. The molecule has 0 radical (unpaired) electrons. The summed E-state index contributed by atoms with van der Waals surface area (Å²) in [6, 6.07) is 0. The van der Waals surface area contributed by atoms with Gasteiger partial charge in [0.15, 0.2) is 0 Å². The lowest BCUT2D eigenvalue weighted by Crippen LogP contribution is -1.95. The van der Waals surface area contributed by atoms with E-state index in [4.69, 9.17) is 4.74 Å². The summed E-state index contributed by atoms with van der Waals surface area (Å²) < 4.78 is 5.11. The Morgan fingerprint density at radius 2 is 2.07 bits per heavy atom. The second-order valence-corrected chi connectivity index (χ2v) is 3.19. The Balaban J connectivity index is 2.92. The molecule has 2 heteroatoms. The first kappa shape index (κ1) is 10.8. The van der Waals surface area contributed by atoms with Gasteiger partial charge in [-0.1, -0.05) is 12.2 Å². The molecule has 1 aromatic heterocycles. The molecule has 0 aliphatic rings. The van der Waals surface area contributed by atoms with Crippen LogP contribution in [0.2, 0.25) is 0 Å². The number of hydrogen-bond donors (Lipinski definition) is 1. The van der Waals surface area contributed by atoms with Gasteiger partial charge in [-0.3, -0.25) is 0 Å². The number of nitrogens with one attached hydrogen (secondary N) is 1. The van der Waals surface area contributed by atoms with Crippen molar-refractivity contribution in [2.75, 3.05) is 7.11 Å². The van der Waals surface area contributed by atoms with Crippen LogP contribution in [0.3, 0.4) is 0 Å². The average Bonchev–Trinajstić information content (AvgIpc) is 2.52. The van der Waals surface area contributed by atoms with Crippen molar-refractivity contribution < 1.29 is 4.74 Å². The summed E-state index contributed by atoms with van der Waals surface area (Å²) in [5, 5.41) is 0. The third kappa shape index (κ3) is 2.36. The van der Waals surface area contributed by atoms with E-state index in [1.807, 2.05) is 18.3 Å². The maximum Gasteiger partial charge on any atom is 0.0864 e. The van der Waals surface area contributed by atoms with Crippen LogP contribution in [0.25, 0.3) is 0 Å². The number of H-pyrrole nitrogens is 1. The predicted molar refractivity (Wildman–Crippen MR) is 59.3 cm³/mol. The number of allylic oxidation sites excluding steroid dienone is 2. The molecule has 0 unspecified atom stereocenters. The zero-order valence-electron chi connectivity index (χ0n) is 8.68. The zero-order chi connectivity index (χ0) is 10.4. The van der Waals surface area contributed by atoms with Gasteiger partial charge in [0.25, 0.3) is 0 Å². The first-order valence-electron chi connectivity index (χ1n) is 4.72. The van der Waals surface area contributed by atoms with E-state index in [9.17, 15) is 0 Å². The molecule has 1 rings (SSSR count). The molecule has 1 aromatic rings. The van der Waals surface area contributed by atoms with Gasteiger partial charge in [0.2, 0.25) is 0 Å². The van der Waals surface area contributed by atoms with Gasteiger partial charge in [0.1, 0.15) is 0 Å². The summed E-state index contributed by atoms with van der Waals surface area (Å²) >= 11 is 0. The maximum atomic E-state index is 5.11. The minimum absolute atomic E-state index is 0.625. The lowest BCUT2D eigenvalue weighted by Gasteiger charge is -2.02. The van der Waals surface area contributed by atoms with Crippen molar-refractivity contribution in [3.63, 3.8) is 0 Å². The highest BCUT2D eigenvalue weighted by atomic mass is 16.5. The summed E-state index contributed by atoms with van der Waals surface area (Å²) in [7, 11) is 1.70. The van der Waals surface area contributed by atoms with Gasteiger partial charge in [-0.05, 0) is 24.0 Å². The van der Waals surface area contributed by atoms with E-state index in [0.29, 0.717) is 6.61 Å². The van der Waals surface area contributed by atoms with E-state index in [0.717, 1.165) is 18.5 Å². The molecule has 1 heterocycles. The summed E-state index contributed by atoms with van der Waals surface area (Å²) in [6.45, 7) is 8.12. The van der Waals surface area contributed by atoms with E-state index < -0.39 is 0 Å². The van der Waals surface area contributed by atoms with E-state index in [-0.39, 0.29) is 0 Å². The molecule has 1 N–H and O–H groups in total. The molecule has 0 bridgehead atoms. The number of methoxy groups -OCH3 is 1. The van der Waals surface area contributed by atoms with Crippen molar-refractivity contribution in [3.05, 3.63) is 48.3 Å². The minimum atomic E-state index is 0.625. The summed E-state index contributed by atoms with van der Waals surface area (Å²) in [6.07, 6.45) is 7.62. The highest BCUT2D eigenvalue weighted by molar-refractivity contribution is 5.33. The van der Waals surface area contributed by atoms with Crippen LogP contribution in [0.15, 0.2) is 31.5 Å². The number of rotatable bonds is 6. The van der Waals surface area contributed by atoms with Gasteiger partial charge in [0.05, 0.1) is 6.61 Å². The summed E-state index contributed by atoms with van der Waals surface area (Å²) in [5.74, 6) is 0. The van der Waals surface area contributed by atoms with Crippen molar-refractivity contribution in [2.45, 2.75) is 19.4 Å². The van der Waals surface area contributed by atoms with Crippen molar-refractivity contribution in [1.29, 1.82) is 0 Å². The molecule has 76 valence electrons. The van der Waals surface area contributed by atoms with Crippen molar-refractivity contribution >= 4 is 0 Å². The zero-order valence-corrected chi connectivity index (χ0v) is 8.68. The van der Waals surface area contributed by atoms with Crippen molar-refractivity contribution in [3.8, 4) is 0 Å². The topological polar surface area (TPSA) is 25.0 Å². The molecule has 0 fully saturated rings. The highest BCUT2D eigenvalue weighted by Gasteiger charge is 2.07. The van der Waals surface area contributed by atoms with E-state index in [1.54, 1.807) is 7.11 Å². The SMILES string of the molecule is C=CCc1c[nH]c(COC)c1CC=C. The van der Waals surface area contributed by atoms with E-state index >= 15 is 0 Å². The molecule has 14 heavy (non-hydrogen) atoms. The van der Waals surface area contributed by atoms with Crippen LogP contribution in [-0.4, -0.2) is 12.1 Å². The number of aromatic amines is 1. The number of aromatic nitrogens is 1. The van der Waals surface area contributed by atoms with Gasteiger partial charge in [-0.15, -0.1) is 13.2 Å². The van der Waals surface area contributed by atoms with Crippen LogP contribution < -0.4 is 0 Å². The van der Waals surface area contributed by atoms with E-state index in [2.05, 4.69) is 18.1 Å². The van der Waals surface area contributed by atoms with Gasteiger partial charge in [-0.25, -0.2) is 0 Å².